The fraction of sp³-hybridized carbons (Fsp3) is 0.571. The van der Waals surface area contributed by atoms with E-state index >= 15 is 0 Å². The van der Waals surface area contributed by atoms with E-state index < -0.39 is 0 Å². The number of carbonyl (C=O) groups is 1. The number of urea groups is 1. The Morgan fingerprint density at radius 2 is 2.05 bits per heavy atom. The van der Waals surface area contributed by atoms with Crippen LogP contribution in [0.5, 0.6) is 5.88 Å². The number of ether oxygens (including phenoxy) is 1. The number of nitrogens with one attached hydrogen (secondary N) is 1. The Balaban J connectivity index is 1.88. The standard InChI is InChI=1S/C14H21N3O2/c1-17(2)14(18)16-11-8-9-13(15-10-11)19-12-6-4-3-5-7-12/h8-10,12H,3-7H2,1-2H3,(H,16,18). The van der Waals surface area contributed by atoms with Gasteiger partial charge >= 0.3 is 6.03 Å². The van der Waals surface area contributed by atoms with Gasteiger partial charge in [0.05, 0.1) is 11.9 Å². The molecule has 1 aliphatic carbocycles. The summed E-state index contributed by atoms with van der Waals surface area (Å²) in [6.07, 6.45) is 7.93. The van der Waals surface area contributed by atoms with E-state index in [2.05, 4.69) is 10.3 Å². The molecule has 1 saturated carbocycles. The van der Waals surface area contributed by atoms with Gasteiger partial charge < -0.3 is 15.0 Å². The molecule has 0 atom stereocenters. The fourth-order valence-electron chi connectivity index (χ4n) is 2.11. The predicted octanol–water partition coefficient (Wildman–Crippen LogP) is 2.89. The zero-order valence-corrected chi connectivity index (χ0v) is 11.6. The molecule has 19 heavy (non-hydrogen) atoms. The molecule has 0 spiro atoms. The number of aromatic nitrogens is 1. The Hall–Kier alpha value is -1.78. The molecule has 0 radical (unpaired) electrons. The van der Waals surface area contributed by atoms with Crippen LogP contribution in [0.4, 0.5) is 10.5 Å². The minimum Gasteiger partial charge on any atom is -0.474 e. The summed E-state index contributed by atoms with van der Waals surface area (Å²) in [6, 6.07) is 3.45. The molecule has 0 aliphatic heterocycles. The van der Waals surface area contributed by atoms with Gasteiger partial charge in [-0.1, -0.05) is 6.42 Å². The van der Waals surface area contributed by atoms with Crippen molar-refractivity contribution in [2.24, 2.45) is 0 Å². The monoisotopic (exact) mass is 263 g/mol. The summed E-state index contributed by atoms with van der Waals surface area (Å²) >= 11 is 0. The SMILES string of the molecule is CN(C)C(=O)Nc1ccc(OC2CCCCC2)nc1. The third kappa shape index (κ3) is 4.12. The number of nitrogens with zero attached hydrogens (tertiary/aromatic N) is 2. The van der Waals surface area contributed by atoms with Gasteiger partial charge in [-0.25, -0.2) is 9.78 Å². The zero-order chi connectivity index (χ0) is 13.7. The molecule has 1 heterocycles. The summed E-state index contributed by atoms with van der Waals surface area (Å²) in [5.41, 5.74) is 0.676. The lowest BCUT2D eigenvalue weighted by molar-refractivity contribution is 0.148. The highest BCUT2D eigenvalue weighted by molar-refractivity contribution is 5.88. The Morgan fingerprint density at radius 1 is 1.32 bits per heavy atom. The van der Waals surface area contributed by atoms with Crippen molar-refractivity contribution in [3.05, 3.63) is 18.3 Å². The van der Waals surface area contributed by atoms with Crippen LogP contribution in [-0.4, -0.2) is 36.1 Å². The number of carbonyl (C=O) groups excluding carboxylic acids is 1. The third-order valence-corrected chi connectivity index (χ3v) is 3.23. The van der Waals surface area contributed by atoms with Crippen molar-refractivity contribution in [3.63, 3.8) is 0 Å². The maximum absolute atomic E-state index is 11.5. The van der Waals surface area contributed by atoms with Crippen LogP contribution in [0, 0.1) is 0 Å². The maximum Gasteiger partial charge on any atom is 0.321 e. The number of pyridine rings is 1. The lowest BCUT2D eigenvalue weighted by Crippen LogP contribution is -2.27. The molecule has 2 rings (SSSR count). The van der Waals surface area contributed by atoms with Crippen LogP contribution in [0.3, 0.4) is 0 Å². The molecule has 104 valence electrons. The van der Waals surface area contributed by atoms with E-state index in [1.165, 1.54) is 24.2 Å². The van der Waals surface area contributed by atoms with Crippen LogP contribution in [0.25, 0.3) is 0 Å². The van der Waals surface area contributed by atoms with E-state index in [0.717, 1.165) is 12.8 Å². The second-order valence-corrected chi connectivity index (χ2v) is 5.09. The quantitative estimate of drug-likeness (QED) is 0.912. The minimum absolute atomic E-state index is 0.164. The van der Waals surface area contributed by atoms with Crippen molar-refractivity contribution < 1.29 is 9.53 Å². The summed E-state index contributed by atoms with van der Waals surface area (Å²) in [5, 5.41) is 2.74. The predicted molar refractivity (Wildman–Crippen MR) is 74.4 cm³/mol. The number of hydrogen-bond acceptors (Lipinski definition) is 3. The van der Waals surface area contributed by atoms with E-state index in [-0.39, 0.29) is 6.03 Å². The minimum atomic E-state index is -0.164. The number of anilines is 1. The first kappa shape index (κ1) is 13.6. The summed E-state index contributed by atoms with van der Waals surface area (Å²) < 4.78 is 5.83. The van der Waals surface area contributed by atoms with Crippen molar-refractivity contribution in [1.82, 2.24) is 9.88 Å². The normalized spacial score (nSPS) is 15.9. The molecule has 2 amide bonds. The molecule has 5 nitrogen and oxygen atoms in total. The van der Waals surface area contributed by atoms with Crippen LogP contribution in [0.2, 0.25) is 0 Å². The second kappa shape index (κ2) is 6.41. The largest absolute Gasteiger partial charge is 0.474 e. The van der Waals surface area contributed by atoms with Crippen LogP contribution in [0.15, 0.2) is 18.3 Å². The summed E-state index contributed by atoms with van der Waals surface area (Å²) in [4.78, 5) is 17.2. The molecule has 5 heteroatoms. The molecule has 1 aromatic rings. The van der Waals surface area contributed by atoms with Gasteiger partial charge in [-0.05, 0) is 31.7 Å². The van der Waals surface area contributed by atoms with Crippen LogP contribution in [0.1, 0.15) is 32.1 Å². The topological polar surface area (TPSA) is 54.5 Å². The maximum atomic E-state index is 11.5. The number of amides is 2. The summed E-state index contributed by atoms with van der Waals surface area (Å²) in [5.74, 6) is 0.634. The molecule has 0 unspecified atom stereocenters. The molecule has 1 aliphatic rings. The Labute approximate surface area is 114 Å². The van der Waals surface area contributed by atoms with Gasteiger partial charge in [0.15, 0.2) is 0 Å². The van der Waals surface area contributed by atoms with E-state index in [0.29, 0.717) is 17.7 Å². The fourth-order valence-corrected chi connectivity index (χ4v) is 2.11. The third-order valence-electron chi connectivity index (χ3n) is 3.23. The Morgan fingerprint density at radius 3 is 2.63 bits per heavy atom. The van der Waals surface area contributed by atoms with E-state index in [1.54, 1.807) is 26.4 Å². The molecular weight excluding hydrogens is 242 g/mol. The van der Waals surface area contributed by atoms with Gasteiger partial charge in [-0.3, -0.25) is 0 Å². The average molecular weight is 263 g/mol. The van der Waals surface area contributed by atoms with Gasteiger partial charge in [0.2, 0.25) is 5.88 Å². The average Bonchev–Trinajstić information content (AvgIpc) is 2.42. The summed E-state index contributed by atoms with van der Waals surface area (Å²) in [6.45, 7) is 0. The molecule has 0 aromatic carbocycles. The number of hydrogen-bond donors (Lipinski definition) is 1. The number of rotatable bonds is 3. The van der Waals surface area contributed by atoms with Crippen molar-refractivity contribution >= 4 is 11.7 Å². The zero-order valence-electron chi connectivity index (χ0n) is 11.6. The Kier molecular flexibility index (Phi) is 4.60. The van der Waals surface area contributed by atoms with E-state index in [1.807, 2.05) is 6.07 Å². The smallest absolute Gasteiger partial charge is 0.321 e. The van der Waals surface area contributed by atoms with Crippen LogP contribution >= 0.6 is 0 Å². The van der Waals surface area contributed by atoms with Gasteiger partial charge in [0, 0.05) is 20.2 Å². The van der Waals surface area contributed by atoms with Crippen molar-refractivity contribution in [1.29, 1.82) is 0 Å². The van der Waals surface area contributed by atoms with Gasteiger partial charge in [0.1, 0.15) is 6.10 Å². The molecular formula is C14H21N3O2. The lowest BCUT2D eigenvalue weighted by Gasteiger charge is -2.22. The highest BCUT2D eigenvalue weighted by atomic mass is 16.5. The first-order chi connectivity index (χ1) is 9.15. The van der Waals surface area contributed by atoms with E-state index in [9.17, 15) is 4.79 Å². The second-order valence-electron chi connectivity index (χ2n) is 5.09. The molecule has 1 N–H and O–H groups in total. The molecule has 1 aromatic heterocycles. The molecule has 0 bridgehead atoms. The van der Waals surface area contributed by atoms with Gasteiger partial charge in [-0.2, -0.15) is 0 Å². The highest BCUT2D eigenvalue weighted by Gasteiger charge is 2.15. The van der Waals surface area contributed by atoms with E-state index in [4.69, 9.17) is 4.74 Å². The van der Waals surface area contributed by atoms with Gasteiger partial charge in [0.25, 0.3) is 0 Å². The van der Waals surface area contributed by atoms with Crippen LogP contribution in [-0.2, 0) is 0 Å². The first-order valence-corrected chi connectivity index (χ1v) is 6.76. The van der Waals surface area contributed by atoms with Crippen LogP contribution < -0.4 is 10.1 Å². The molecule has 1 fully saturated rings. The molecule has 0 saturated heterocycles. The Bertz CT molecular complexity index is 411. The van der Waals surface area contributed by atoms with Crippen molar-refractivity contribution in [2.45, 2.75) is 38.2 Å². The van der Waals surface area contributed by atoms with Crippen molar-refractivity contribution in [3.8, 4) is 5.88 Å². The summed E-state index contributed by atoms with van der Waals surface area (Å²) in [7, 11) is 3.40. The highest BCUT2D eigenvalue weighted by Crippen LogP contribution is 2.22. The van der Waals surface area contributed by atoms with Gasteiger partial charge in [-0.15, -0.1) is 0 Å². The lowest BCUT2D eigenvalue weighted by atomic mass is 9.98. The van der Waals surface area contributed by atoms with Crippen molar-refractivity contribution in [2.75, 3.05) is 19.4 Å². The first-order valence-electron chi connectivity index (χ1n) is 6.76.